The molecule has 2 aliphatic heterocycles. The van der Waals surface area contributed by atoms with Crippen LogP contribution in [0.1, 0.15) is 19.8 Å². The molecule has 0 bridgehead atoms. The molecule has 1 N–H and O–H groups in total. The topological polar surface area (TPSA) is 91.8 Å². The van der Waals surface area contributed by atoms with Gasteiger partial charge < -0.3 is 29.1 Å². The summed E-state index contributed by atoms with van der Waals surface area (Å²) in [5.74, 6) is -2.21. The number of β-amino-alcohol motifs (C(OH)–C–C–N with tert-alkyl or cyclic N) is 1. The number of nitrogens with zero attached hydrogens (tertiary/aromatic N) is 3. The summed E-state index contributed by atoms with van der Waals surface area (Å²) < 4.78 is 42.5. The highest BCUT2D eigenvalue weighted by atomic mass is 19.2. The van der Waals surface area contributed by atoms with Gasteiger partial charge in [-0.15, -0.1) is 0 Å². The first-order chi connectivity index (χ1) is 16.2. The Balaban J connectivity index is 1.70. The molecule has 34 heavy (non-hydrogen) atoms. The number of carbonyl (C=O) groups excluding carboxylic acids is 2. The highest BCUT2D eigenvalue weighted by Crippen LogP contribution is 2.24. The van der Waals surface area contributed by atoms with Crippen molar-refractivity contribution in [1.82, 2.24) is 14.7 Å². The molecule has 0 aromatic heterocycles. The lowest BCUT2D eigenvalue weighted by molar-refractivity contribution is -0.138. The van der Waals surface area contributed by atoms with Crippen molar-refractivity contribution in [3.63, 3.8) is 0 Å². The van der Waals surface area contributed by atoms with E-state index in [0.717, 1.165) is 12.1 Å². The van der Waals surface area contributed by atoms with Crippen molar-refractivity contribution in [2.75, 3.05) is 66.2 Å². The predicted molar refractivity (Wildman–Crippen MR) is 118 cm³/mol. The monoisotopic (exact) mass is 485 g/mol. The Bertz CT molecular complexity index is 852. The van der Waals surface area contributed by atoms with Crippen molar-refractivity contribution in [2.45, 2.75) is 31.4 Å². The van der Waals surface area contributed by atoms with Gasteiger partial charge in [0.15, 0.2) is 11.6 Å². The van der Waals surface area contributed by atoms with Gasteiger partial charge in [-0.05, 0) is 31.9 Å². The minimum atomic E-state index is -1.46. The first-order valence-corrected chi connectivity index (χ1v) is 11.5. The molecule has 3 rings (SSSR count). The second-order valence-electron chi connectivity index (χ2n) is 8.72. The zero-order valence-corrected chi connectivity index (χ0v) is 19.7. The molecule has 1 aromatic rings. The second kappa shape index (κ2) is 11.8. The van der Waals surface area contributed by atoms with Crippen LogP contribution in [0.4, 0.5) is 13.6 Å². The van der Waals surface area contributed by atoms with Gasteiger partial charge >= 0.3 is 6.09 Å². The molecular weight excluding hydrogens is 452 g/mol. The molecular formula is C23H33F2N3O6. The molecule has 190 valence electrons. The van der Waals surface area contributed by atoms with Gasteiger partial charge in [0, 0.05) is 51.9 Å². The van der Waals surface area contributed by atoms with Crippen LogP contribution in [0.3, 0.4) is 0 Å². The number of ether oxygens (including phenoxy) is 3. The summed E-state index contributed by atoms with van der Waals surface area (Å²) in [7, 11) is 1.43. The highest BCUT2D eigenvalue weighted by Gasteiger charge is 2.40. The van der Waals surface area contributed by atoms with E-state index in [1.807, 2.05) is 0 Å². The van der Waals surface area contributed by atoms with Gasteiger partial charge in [-0.3, -0.25) is 9.69 Å². The zero-order chi connectivity index (χ0) is 24.7. The van der Waals surface area contributed by atoms with Crippen molar-refractivity contribution >= 4 is 12.0 Å². The van der Waals surface area contributed by atoms with E-state index in [-0.39, 0.29) is 50.1 Å². The minimum absolute atomic E-state index is 0.0110. The van der Waals surface area contributed by atoms with Gasteiger partial charge in [0.25, 0.3) is 0 Å². The predicted octanol–water partition coefficient (Wildman–Crippen LogP) is 1.49. The molecule has 2 amide bonds. The Morgan fingerprint density at radius 3 is 2.47 bits per heavy atom. The van der Waals surface area contributed by atoms with Gasteiger partial charge in [-0.2, -0.15) is 0 Å². The summed E-state index contributed by atoms with van der Waals surface area (Å²) in [4.78, 5) is 29.9. The number of likely N-dealkylation sites (tertiary alicyclic amines) is 1. The Morgan fingerprint density at radius 2 is 1.82 bits per heavy atom. The van der Waals surface area contributed by atoms with Crippen LogP contribution < -0.4 is 4.74 Å². The first kappa shape index (κ1) is 26.1. The number of rotatable bonds is 7. The van der Waals surface area contributed by atoms with Crippen LogP contribution in [-0.2, 0) is 14.3 Å². The lowest BCUT2D eigenvalue weighted by Crippen LogP contribution is -2.55. The molecule has 2 aliphatic rings. The Morgan fingerprint density at radius 1 is 1.09 bits per heavy atom. The number of methoxy groups -OCH3 is 1. The van der Waals surface area contributed by atoms with Crippen LogP contribution in [0.2, 0.25) is 0 Å². The SMILES string of the molecule is CCOC(=O)N1CCC(N2CCN(C(=O)COC)CC(O)(COc3ccc(F)c(F)c3)C2)CC1. The third kappa shape index (κ3) is 6.77. The van der Waals surface area contributed by atoms with E-state index in [0.29, 0.717) is 45.6 Å². The van der Waals surface area contributed by atoms with Gasteiger partial charge in [0.2, 0.25) is 5.91 Å². The normalized spacial score (nSPS) is 22.4. The van der Waals surface area contributed by atoms with E-state index in [1.165, 1.54) is 18.1 Å². The van der Waals surface area contributed by atoms with Crippen molar-refractivity contribution in [3.05, 3.63) is 29.8 Å². The van der Waals surface area contributed by atoms with Crippen LogP contribution in [0.15, 0.2) is 18.2 Å². The fourth-order valence-corrected chi connectivity index (χ4v) is 4.43. The number of halogens is 2. The molecule has 11 heteroatoms. The van der Waals surface area contributed by atoms with E-state index >= 15 is 0 Å². The van der Waals surface area contributed by atoms with Crippen molar-refractivity contribution in [1.29, 1.82) is 0 Å². The number of piperidine rings is 1. The molecule has 9 nitrogen and oxygen atoms in total. The third-order valence-corrected chi connectivity index (χ3v) is 6.17. The molecule has 0 spiro atoms. The van der Waals surface area contributed by atoms with E-state index in [2.05, 4.69) is 4.90 Å². The molecule has 0 aliphatic carbocycles. The fraction of sp³-hybridized carbons (Fsp3) is 0.652. The lowest BCUT2D eigenvalue weighted by Gasteiger charge is -2.40. The number of benzene rings is 1. The second-order valence-corrected chi connectivity index (χ2v) is 8.72. The lowest BCUT2D eigenvalue weighted by atomic mass is 9.99. The van der Waals surface area contributed by atoms with E-state index < -0.39 is 17.2 Å². The molecule has 2 saturated heterocycles. The van der Waals surface area contributed by atoms with Crippen LogP contribution in [-0.4, -0.2) is 110 Å². The quantitative estimate of drug-likeness (QED) is 0.626. The highest BCUT2D eigenvalue weighted by molar-refractivity contribution is 5.77. The summed E-state index contributed by atoms with van der Waals surface area (Å²) in [6.07, 6.45) is 1.07. The van der Waals surface area contributed by atoms with E-state index in [4.69, 9.17) is 14.2 Å². The largest absolute Gasteiger partial charge is 0.490 e. The maximum atomic E-state index is 13.6. The molecule has 1 atom stereocenters. The molecule has 0 radical (unpaired) electrons. The number of amides is 2. The molecule has 1 unspecified atom stereocenters. The maximum Gasteiger partial charge on any atom is 0.409 e. The summed E-state index contributed by atoms with van der Waals surface area (Å²) in [5, 5.41) is 11.5. The number of aliphatic hydroxyl groups is 1. The number of hydrogen-bond acceptors (Lipinski definition) is 7. The zero-order valence-electron chi connectivity index (χ0n) is 19.7. The van der Waals surface area contributed by atoms with Crippen LogP contribution in [0.5, 0.6) is 5.75 Å². The fourth-order valence-electron chi connectivity index (χ4n) is 4.43. The van der Waals surface area contributed by atoms with Gasteiger partial charge in [-0.25, -0.2) is 13.6 Å². The van der Waals surface area contributed by atoms with Crippen molar-refractivity contribution < 1.29 is 37.7 Å². The van der Waals surface area contributed by atoms with Crippen molar-refractivity contribution in [3.8, 4) is 5.75 Å². The van der Waals surface area contributed by atoms with Gasteiger partial charge in [0.1, 0.15) is 24.6 Å². The number of carbonyl (C=O) groups is 2. The Labute approximate surface area is 198 Å². The van der Waals surface area contributed by atoms with Crippen LogP contribution in [0, 0.1) is 11.6 Å². The molecule has 2 fully saturated rings. The van der Waals surface area contributed by atoms with E-state index in [1.54, 1.807) is 11.8 Å². The summed E-state index contributed by atoms with van der Waals surface area (Å²) in [6, 6.07) is 3.26. The molecule has 0 saturated carbocycles. The van der Waals surface area contributed by atoms with Gasteiger partial charge in [-0.1, -0.05) is 0 Å². The van der Waals surface area contributed by atoms with Crippen molar-refractivity contribution in [2.24, 2.45) is 0 Å². The molecule has 2 heterocycles. The third-order valence-electron chi connectivity index (χ3n) is 6.17. The maximum absolute atomic E-state index is 13.6. The summed E-state index contributed by atoms with van der Waals surface area (Å²) >= 11 is 0. The Kier molecular flexibility index (Phi) is 9.03. The molecule has 1 aromatic carbocycles. The minimum Gasteiger partial charge on any atom is -0.490 e. The van der Waals surface area contributed by atoms with Gasteiger partial charge in [0.05, 0.1) is 13.2 Å². The average molecular weight is 486 g/mol. The average Bonchev–Trinajstić information content (AvgIpc) is 3.00. The summed E-state index contributed by atoms with van der Waals surface area (Å²) in [6.45, 7) is 4.00. The standard InChI is InChI=1S/C23H33F2N3O6/c1-3-33-22(30)26-8-6-17(7-9-26)27-10-11-28(21(29)13-32-2)15-23(31,14-27)16-34-18-4-5-19(24)20(25)12-18/h4-5,12,17,31H,3,6-11,13-16H2,1-2H3. The van der Waals surface area contributed by atoms with E-state index in [9.17, 15) is 23.5 Å². The smallest absolute Gasteiger partial charge is 0.409 e. The first-order valence-electron chi connectivity index (χ1n) is 11.5. The summed E-state index contributed by atoms with van der Waals surface area (Å²) in [5.41, 5.74) is -1.46. The van der Waals surface area contributed by atoms with Crippen LogP contribution in [0.25, 0.3) is 0 Å². The number of hydrogen-bond donors (Lipinski definition) is 1. The van der Waals surface area contributed by atoms with Crippen LogP contribution >= 0.6 is 0 Å². The Hall–Kier alpha value is -2.50.